The summed E-state index contributed by atoms with van der Waals surface area (Å²) in [6, 6.07) is 1.49. The first kappa shape index (κ1) is 12.3. The van der Waals surface area contributed by atoms with Crippen LogP contribution in [0.2, 0.25) is 0 Å². The molecule has 7 heteroatoms. The molecule has 4 rings (SSSR count). The van der Waals surface area contributed by atoms with Crippen molar-refractivity contribution in [2.75, 3.05) is 0 Å². The van der Waals surface area contributed by atoms with Crippen molar-refractivity contribution in [3.8, 4) is 0 Å². The van der Waals surface area contributed by atoms with Gasteiger partial charge in [0.25, 0.3) is 5.56 Å². The Balaban J connectivity index is 2.16. The number of carbonyl (C=O) groups is 1. The van der Waals surface area contributed by atoms with Crippen molar-refractivity contribution >= 4 is 17.0 Å². The summed E-state index contributed by atoms with van der Waals surface area (Å²) < 4.78 is 1.44. The molecule has 0 bridgehead atoms. The van der Waals surface area contributed by atoms with Crippen LogP contribution in [0.3, 0.4) is 0 Å². The SMILES string of the molecule is O=C(O)c1cc(C2CC2)nc2c1c(=O)[nH]c(=O)n2C1CC1. The summed E-state index contributed by atoms with van der Waals surface area (Å²) >= 11 is 0. The van der Waals surface area contributed by atoms with Gasteiger partial charge in [-0.1, -0.05) is 0 Å². The van der Waals surface area contributed by atoms with Crippen molar-refractivity contribution < 1.29 is 9.90 Å². The first-order valence-electron chi connectivity index (χ1n) is 6.99. The topological polar surface area (TPSA) is 105 Å². The molecular weight excluding hydrogens is 274 g/mol. The third kappa shape index (κ3) is 1.88. The Morgan fingerprint density at radius 3 is 2.57 bits per heavy atom. The maximum Gasteiger partial charge on any atom is 0.336 e. The fourth-order valence-corrected chi connectivity index (χ4v) is 2.69. The van der Waals surface area contributed by atoms with Crippen LogP contribution >= 0.6 is 0 Å². The molecule has 2 aliphatic carbocycles. The summed E-state index contributed by atoms with van der Waals surface area (Å²) in [5.41, 5.74) is -0.379. The molecule has 0 unspecified atom stereocenters. The van der Waals surface area contributed by atoms with Crippen molar-refractivity contribution in [2.24, 2.45) is 0 Å². The third-order valence-electron chi connectivity index (χ3n) is 4.05. The molecular formula is C14H13N3O4. The Morgan fingerprint density at radius 1 is 1.29 bits per heavy atom. The van der Waals surface area contributed by atoms with E-state index in [0.717, 1.165) is 25.7 Å². The molecule has 2 heterocycles. The molecule has 0 amide bonds. The molecule has 2 N–H and O–H groups in total. The number of aromatic amines is 1. The van der Waals surface area contributed by atoms with E-state index in [0.29, 0.717) is 5.69 Å². The average molecular weight is 287 g/mol. The monoisotopic (exact) mass is 287 g/mol. The molecule has 2 saturated carbocycles. The Morgan fingerprint density at radius 2 is 2.00 bits per heavy atom. The summed E-state index contributed by atoms with van der Waals surface area (Å²) in [6.45, 7) is 0. The standard InChI is InChI=1S/C14H13N3O4/c18-12-10-8(13(19)20)5-9(6-1-2-6)15-11(10)17(7-3-4-7)14(21)16-12/h5-7H,1-4H2,(H,19,20)(H,16,18,21). The van der Waals surface area contributed by atoms with Crippen molar-refractivity contribution in [2.45, 2.75) is 37.6 Å². The van der Waals surface area contributed by atoms with Gasteiger partial charge in [-0.15, -0.1) is 0 Å². The second-order valence-corrected chi connectivity index (χ2v) is 5.73. The number of carboxylic acid groups (broad SMARTS) is 1. The van der Waals surface area contributed by atoms with E-state index in [-0.39, 0.29) is 28.6 Å². The summed E-state index contributed by atoms with van der Waals surface area (Å²) in [6.07, 6.45) is 3.63. The van der Waals surface area contributed by atoms with Gasteiger partial charge in [0.05, 0.1) is 10.9 Å². The lowest BCUT2D eigenvalue weighted by atomic mass is 10.1. The van der Waals surface area contributed by atoms with Crippen molar-refractivity contribution in [1.29, 1.82) is 0 Å². The van der Waals surface area contributed by atoms with Gasteiger partial charge in [-0.05, 0) is 31.7 Å². The molecule has 7 nitrogen and oxygen atoms in total. The minimum absolute atomic E-state index is 0.00148. The van der Waals surface area contributed by atoms with Gasteiger partial charge in [-0.25, -0.2) is 14.6 Å². The molecule has 0 spiro atoms. The highest BCUT2D eigenvalue weighted by molar-refractivity contribution is 6.01. The van der Waals surface area contributed by atoms with Crippen LogP contribution in [0, 0.1) is 0 Å². The van der Waals surface area contributed by atoms with Crippen LogP contribution in [0.1, 0.15) is 53.7 Å². The zero-order chi connectivity index (χ0) is 14.7. The number of hydrogen-bond acceptors (Lipinski definition) is 4. The van der Waals surface area contributed by atoms with Gasteiger partial charge in [0.1, 0.15) is 0 Å². The van der Waals surface area contributed by atoms with Crippen LogP contribution in [0.15, 0.2) is 15.7 Å². The number of aromatic carboxylic acids is 1. The molecule has 2 fully saturated rings. The number of nitrogens with one attached hydrogen (secondary N) is 1. The number of rotatable bonds is 3. The van der Waals surface area contributed by atoms with Gasteiger partial charge in [0, 0.05) is 17.7 Å². The minimum atomic E-state index is -1.17. The maximum atomic E-state index is 12.0. The Kier molecular flexibility index (Phi) is 2.36. The summed E-state index contributed by atoms with van der Waals surface area (Å²) in [5, 5.41) is 9.38. The molecule has 0 saturated heterocycles. The van der Waals surface area contributed by atoms with E-state index in [9.17, 15) is 19.5 Å². The van der Waals surface area contributed by atoms with Crippen LogP contribution in [0.4, 0.5) is 0 Å². The number of carboxylic acids is 1. The Hall–Kier alpha value is -2.44. The summed E-state index contributed by atoms with van der Waals surface area (Å²) in [5.74, 6) is -0.926. The Bertz CT molecular complexity index is 887. The number of aromatic nitrogens is 3. The predicted octanol–water partition coefficient (Wildman–Crippen LogP) is 0.995. The predicted molar refractivity (Wildman–Crippen MR) is 73.8 cm³/mol. The van der Waals surface area contributed by atoms with Crippen LogP contribution < -0.4 is 11.2 Å². The number of fused-ring (bicyclic) bond motifs is 1. The van der Waals surface area contributed by atoms with Gasteiger partial charge < -0.3 is 5.11 Å². The lowest BCUT2D eigenvalue weighted by molar-refractivity contribution is 0.0698. The van der Waals surface area contributed by atoms with E-state index in [4.69, 9.17) is 0 Å². The minimum Gasteiger partial charge on any atom is -0.478 e. The number of nitrogens with zero attached hydrogens (tertiary/aromatic N) is 2. The fraction of sp³-hybridized carbons (Fsp3) is 0.429. The molecule has 2 aromatic rings. The summed E-state index contributed by atoms with van der Waals surface area (Å²) in [7, 11) is 0. The lowest BCUT2D eigenvalue weighted by Gasteiger charge is -2.10. The van der Waals surface area contributed by atoms with E-state index in [1.54, 1.807) is 0 Å². The second kappa shape index (κ2) is 4.03. The fourth-order valence-electron chi connectivity index (χ4n) is 2.69. The highest BCUT2D eigenvalue weighted by Crippen LogP contribution is 2.41. The van der Waals surface area contributed by atoms with Gasteiger partial charge in [0.2, 0.25) is 0 Å². The molecule has 2 aromatic heterocycles. The number of H-pyrrole nitrogens is 1. The molecule has 21 heavy (non-hydrogen) atoms. The van der Waals surface area contributed by atoms with E-state index >= 15 is 0 Å². The number of pyridine rings is 1. The molecule has 2 aliphatic rings. The second-order valence-electron chi connectivity index (χ2n) is 5.73. The van der Waals surface area contributed by atoms with E-state index in [1.165, 1.54) is 10.6 Å². The highest BCUT2D eigenvalue weighted by Gasteiger charge is 2.32. The molecule has 108 valence electrons. The lowest BCUT2D eigenvalue weighted by Crippen LogP contribution is -2.31. The Labute approximate surface area is 118 Å². The van der Waals surface area contributed by atoms with Crippen LogP contribution in [0.5, 0.6) is 0 Å². The third-order valence-corrected chi connectivity index (χ3v) is 4.05. The maximum absolute atomic E-state index is 12.0. The van der Waals surface area contributed by atoms with Gasteiger partial charge >= 0.3 is 11.7 Å². The largest absolute Gasteiger partial charge is 0.478 e. The van der Waals surface area contributed by atoms with Crippen molar-refractivity contribution in [1.82, 2.24) is 14.5 Å². The van der Waals surface area contributed by atoms with Crippen LogP contribution in [-0.2, 0) is 0 Å². The van der Waals surface area contributed by atoms with Gasteiger partial charge in [-0.3, -0.25) is 14.3 Å². The normalized spacial score (nSPS) is 18.1. The zero-order valence-electron chi connectivity index (χ0n) is 11.1. The molecule has 0 aromatic carbocycles. The zero-order valence-corrected chi connectivity index (χ0v) is 11.1. The molecule has 0 atom stereocenters. The van der Waals surface area contributed by atoms with Crippen LogP contribution in [0.25, 0.3) is 11.0 Å². The van der Waals surface area contributed by atoms with Gasteiger partial charge in [-0.2, -0.15) is 0 Å². The van der Waals surface area contributed by atoms with E-state index in [2.05, 4.69) is 9.97 Å². The molecule has 0 aliphatic heterocycles. The molecule has 0 radical (unpaired) electrons. The van der Waals surface area contributed by atoms with Crippen molar-refractivity contribution in [3.05, 3.63) is 38.2 Å². The quantitative estimate of drug-likeness (QED) is 0.876. The van der Waals surface area contributed by atoms with E-state index < -0.39 is 17.2 Å². The first-order valence-corrected chi connectivity index (χ1v) is 6.99. The average Bonchev–Trinajstić information content (AvgIpc) is 3.29. The van der Waals surface area contributed by atoms with Crippen molar-refractivity contribution in [3.63, 3.8) is 0 Å². The van der Waals surface area contributed by atoms with Crippen LogP contribution in [-0.4, -0.2) is 25.6 Å². The van der Waals surface area contributed by atoms with E-state index in [1.807, 2.05) is 0 Å². The first-order chi connectivity index (χ1) is 10.1. The summed E-state index contributed by atoms with van der Waals surface area (Å²) in [4.78, 5) is 42.2. The smallest absolute Gasteiger partial charge is 0.336 e. The highest BCUT2D eigenvalue weighted by atomic mass is 16.4. The van der Waals surface area contributed by atoms with Gasteiger partial charge in [0.15, 0.2) is 5.65 Å². The number of hydrogen-bond donors (Lipinski definition) is 2.